The second kappa shape index (κ2) is 7.98. The standard InChI is InChI=1S/C20H28N2O4/c1-14-12-17(25-2)18(26-3)13-16(14)20(24)22-9-5-8-21(10-11-22)19(23)15-6-4-7-15/h12-13,15H,4-11H2,1-3H3. The number of amides is 2. The van der Waals surface area contributed by atoms with Gasteiger partial charge < -0.3 is 19.3 Å². The zero-order valence-electron chi connectivity index (χ0n) is 15.9. The normalized spacial score (nSPS) is 18.1. The largest absolute Gasteiger partial charge is 0.493 e. The molecule has 0 N–H and O–H groups in total. The minimum absolute atomic E-state index is 0.0126. The number of hydrogen-bond donors (Lipinski definition) is 0. The number of nitrogens with zero attached hydrogens (tertiary/aromatic N) is 2. The molecule has 3 rings (SSSR count). The topological polar surface area (TPSA) is 59.1 Å². The lowest BCUT2D eigenvalue weighted by molar-refractivity contribution is -0.138. The summed E-state index contributed by atoms with van der Waals surface area (Å²) in [5, 5.41) is 0. The molecular formula is C20H28N2O4. The molecule has 1 aliphatic carbocycles. The number of benzene rings is 1. The third-order valence-electron chi connectivity index (χ3n) is 5.51. The van der Waals surface area contributed by atoms with E-state index in [1.807, 2.05) is 22.8 Å². The van der Waals surface area contributed by atoms with E-state index < -0.39 is 0 Å². The Kier molecular flexibility index (Phi) is 5.69. The van der Waals surface area contributed by atoms with Gasteiger partial charge in [-0.2, -0.15) is 0 Å². The van der Waals surface area contributed by atoms with Gasteiger partial charge in [0.05, 0.1) is 14.2 Å². The Hall–Kier alpha value is -2.24. The first kappa shape index (κ1) is 18.5. The molecule has 1 saturated carbocycles. The summed E-state index contributed by atoms with van der Waals surface area (Å²) in [5.74, 6) is 1.65. The van der Waals surface area contributed by atoms with E-state index in [1.54, 1.807) is 20.3 Å². The zero-order chi connectivity index (χ0) is 18.7. The lowest BCUT2D eigenvalue weighted by Gasteiger charge is -2.31. The molecule has 2 amide bonds. The van der Waals surface area contributed by atoms with Crippen molar-refractivity contribution in [3.05, 3.63) is 23.3 Å². The van der Waals surface area contributed by atoms with Crippen molar-refractivity contribution in [2.75, 3.05) is 40.4 Å². The smallest absolute Gasteiger partial charge is 0.254 e. The molecule has 0 spiro atoms. The first-order valence-corrected chi connectivity index (χ1v) is 9.35. The van der Waals surface area contributed by atoms with Gasteiger partial charge >= 0.3 is 0 Å². The molecule has 1 heterocycles. The second-order valence-corrected chi connectivity index (χ2v) is 7.12. The fraction of sp³-hybridized carbons (Fsp3) is 0.600. The molecule has 0 unspecified atom stereocenters. The van der Waals surface area contributed by atoms with E-state index in [4.69, 9.17) is 9.47 Å². The molecule has 0 atom stereocenters. The molecule has 1 saturated heterocycles. The van der Waals surface area contributed by atoms with E-state index in [0.29, 0.717) is 36.7 Å². The lowest BCUT2D eigenvalue weighted by atomic mass is 9.84. The molecule has 2 aliphatic rings. The van der Waals surface area contributed by atoms with Crippen LogP contribution >= 0.6 is 0 Å². The summed E-state index contributed by atoms with van der Waals surface area (Å²) in [4.78, 5) is 29.3. The summed E-state index contributed by atoms with van der Waals surface area (Å²) in [5.41, 5.74) is 1.49. The maximum atomic E-state index is 13.0. The number of methoxy groups -OCH3 is 2. The fourth-order valence-electron chi connectivity index (χ4n) is 3.64. The van der Waals surface area contributed by atoms with Crippen molar-refractivity contribution in [3.63, 3.8) is 0 Å². The first-order chi connectivity index (χ1) is 12.5. The Labute approximate surface area is 155 Å². The van der Waals surface area contributed by atoms with Crippen LogP contribution in [0.4, 0.5) is 0 Å². The van der Waals surface area contributed by atoms with Crippen molar-refractivity contribution >= 4 is 11.8 Å². The second-order valence-electron chi connectivity index (χ2n) is 7.12. The summed E-state index contributed by atoms with van der Waals surface area (Å²) >= 11 is 0. The van der Waals surface area contributed by atoms with E-state index in [0.717, 1.165) is 37.8 Å². The first-order valence-electron chi connectivity index (χ1n) is 9.35. The Morgan fingerprint density at radius 3 is 2.15 bits per heavy atom. The lowest BCUT2D eigenvalue weighted by Crippen LogP contribution is -2.41. The van der Waals surface area contributed by atoms with Gasteiger partial charge in [0.15, 0.2) is 11.5 Å². The summed E-state index contributed by atoms with van der Waals surface area (Å²) < 4.78 is 10.6. The fourth-order valence-corrected chi connectivity index (χ4v) is 3.64. The molecule has 1 aromatic carbocycles. The highest BCUT2D eigenvalue weighted by molar-refractivity contribution is 5.96. The molecule has 26 heavy (non-hydrogen) atoms. The number of carbonyl (C=O) groups excluding carboxylic acids is 2. The number of carbonyl (C=O) groups is 2. The summed E-state index contributed by atoms with van der Waals surface area (Å²) in [6.45, 7) is 4.50. The maximum Gasteiger partial charge on any atom is 0.254 e. The molecule has 1 aliphatic heterocycles. The van der Waals surface area contributed by atoms with Crippen LogP contribution in [0.3, 0.4) is 0 Å². The molecule has 6 heteroatoms. The van der Waals surface area contributed by atoms with Gasteiger partial charge in [-0.15, -0.1) is 0 Å². The van der Waals surface area contributed by atoms with Crippen LogP contribution in [0.25, 0.3) is 0 Å². The number of ether oxygens (including phenoxy) is 2. The van der Waals surface area contributed by atoms with E-state index in [1.165, 1.54) is 0 Å². The van der Waals surface area contributed by atoms with Crippen molar-refractivity contribution in [3.8, 4) is 11.5 Å². The van der Waals surface area contributed by atoms with Crippen molar-refractivity contribution in [1.29, 1.82) is 0 Å². The number of hydrogen-bond acceptors (Lipinski definition) is 4. The summed E-state index contributed by atoms with van der Waals surface area (Å²) in [6, 6.07) is 3.58. The number of aryl methyl sites for hydroxylation is 1. The van der Waals surface area contributed by atoms with Crippen molar-refractivity contribution < 1.29 is 19.1 Å². The molecule has 0 aromatic heterocycles. The highest BCUT2D eigenvalue weighted by Gasteiger charge is 2.31. The SMILES string of the molecule is COc1cc(C)c(C(=O)N2CCCN(C(=O)C3CCC3)CC2)cc1OC. The number of rotatable bonds is 4. The van der Waals surface area contributed by atoms with Gasteiger partial charge in [0.1, 0.15) is 0 Å². The van der Waals surface area contributed by atoms with E-state index in [9.17, 15) is 9.59 Å². The van der Waals surface area contributed by atoms with Crippen LogP contribution in [0.1, 0.15) is 41.6 Å². The van der Waals surface area contributed by atoms with Crippen LogP contribution in [0, 0.1) is 12.8 Å². The predicted octanol–water partition coefficient (Wildman–Crippen LogP) is 2.49. The minimum atomic E-state index is -0.0126. The van der Waals surface area contributed by atoms with Crippen LogP contribution in [-0.2, 0) is 4.79 Å². The van der Waals surface area contributed by atoms with Gasteiger partial charge in [0, 0.05) is 37.7 Å². The Morgan fingerprint density at radius 2 is 1.54 bits per heavy atom. The molecule has 142 valence electrons. The Bertz CT molecular complexity index is 685. The van der Waals surface area contributed by atoms with Gasteiger partial charge in [0.2, 0.25) is 5.91 Å². The third kappa shape index (κ3) is 3.64. The van der Waals surface area contributed by atoms with E-state index in [-0.39, 0.29) is 17.7 Å². The van der Waals surface area contributed by atoms with Crippen molar-refractivity contribution in [2.45, 2.75) is 32.6 Å². The van der Waals surface area contributed by atoms with Gasteiger partial charge in [-0.1, -0.05) is 6.42 Å². The van der Waals surface area contributed by atoms with Crippen molar-refractivity contribution in [2.24, 2.45) is 5.92 Å². The highest BCUT2D eigenvalue weighted by Crippen LogP contribution is 2.31. The van der Waals surface area contributed by atoms with Crippen LogP contribution in [0.15, 0.2) is 12.1 Å². The minimum Gasteiger partial charge on any atom is -0.493 e. The molecule has 0 radical (unpaired) electrons. The van der Waals surface area contributed by atoms with Crippen LogP contribution in [-0.4, -0.2) is 62.0 Å². The van der Waals surface area contributed by atoms with Crippen LogP contribution < -0.4 is 9.47 Å². The predicted molar refractivity (Wildman–Crippen MR) is 98.7 cm³/mol. The zero-order valence-corrected chi connectivity index (χ0v) is 15.9. The summed E-state index contributed by atoms with van der Waals surface area (Å²) in [7, 11) is 3.15. The van der Waals surface area contributed by atoms with Crippen LogP contribution in [0.5, 0.6) is 11.5 Å². The average molecular weight is 360 g/mol. The van der Waals surface area contributed by atoms with E-state index in [2.05, 4.69) is 0 Å². The van der Waals surface area contributed by atoms with Gasteiger partial charge in [-0.3, -0.25) is 9.59 Å². The molecule has 6 nitrogen and oxygen atoms in total. The highest BCUT2D eigenvalue weighted by atomic mass is 16.5. The molecule has 2 fully saturated rings. The average Bonchev–Trinajstić information content (AvgIpc) is 2.85. The Morgan fingerprint density at radius 1 is 0.923 bits per heavy atom. The molecular weight excluding hydrogens is 332 g/mol. The third-order valence-corrected chi connectivity index (χ3v) is 5.51. The molecule has 1 aromatic rings. The molecule has 0 bridgehead atoms. The van der Waals surface area contributed by atoms with Crippen molar-refractivity contribution in [1.82, 2.24) is 9.80 Å². The Balaban J connectivity index is 1.71. The quantitative estimate of drug-likeness (QED) is 0.828. The van der Waals surface area contributed by atoms with Gasteiger partial charge in [0.25, 0.3) is 5.91 Å². The monoisotopic (exact) mass is 360 g/mol. The van der Waals surface area contributed by atoms with Gasteiger partial charge in [-0.25, -0.2) is 0 Å². The van der Waals surface area contributed by atoms with Gasteiger partial charge in [-0.05, 0) is 43.9 Å². The summed E-state index contributed by atoms with van der Waals surface area (Å²) in [6.07, 6.45) is 4.01. The maximum absolute atomic E-state index is 13.0. The van der Waals surface area contributed by atoms with E-state index >= 15 is 0 Å². The van der Waals surface area contributed by atoms with Crippen LogP contribution in [0.2, 0.25) is 0 Å².